The fourth-order valence-electron chi connectivity index (χ4n) is 4.27. The van der Waals surface area contributed by atoms with Crippen LogP contribution in [0.5, 0.6) is 0 Å². The van der Waals surface area contributed by atoms with Gasteiger partial charge in [-0.05, 0) is 74.5 Å². The number of imidazole rings is 1. The SMILES string of the molecule is CC(C)C(c1nc2ccccc2n1Cc1ccccc1)N(CCCN)C(=O)c1cc(Br)c(Br)s1. The number of fused-ring (bicyclic) bond motifs is 1. The maximum atomic E-state index is 13.8. The van der Waals surface area contributed by atoms with Gasteiger partial charge in [0.05, 0.1) is 25.7 Å². The molecule has 8 heteroatoms. The van der Waals surface area contributed by atoms with Crippen LogP contribution in [0.3, 0.4) is 0 Å². The molecule has 2 N–H and O–H groups in total. The Balaban J connectivity index is 1.84. The van der Waals surface area contributed by atoms with E-state index in [9.17, 15) is 4.79 Å². The van der Waals surface area contributed by atoms with Gasteiger partial charge in [0.2, 0.25) is 0 Å². The third-order valence-corrected chi connectivity index (χ3v) is 9.06. The number of aromatic nitrogens is 2. The molecule has 4 aromatic rings. The molecular formula is C26H28Br2N4OS. The summed E-state index contributed by atoms with van der Waals surface area (Å²) in [5.41, 5.74) is 9.08. The number of hydrogen-bond donors (Lipinski definition) is 1. The van der Waals surface area contributed by atoms with Crippen LogP contribution in [0.1, 0.15) is 47.4 Å². The fraction of sp³-hybridized carbons (Fsp3) is 0.308. The normalized spacial score (nSPS) is 12.4. The first kappa shape index (κ1) is 25.1. The summed E-state index contributed by atoms with van der Waals surface area (Å²) >= 11 is 8.50. The minimum absolute atomic E-state index is 0.00173. The first-order chi connectivity index (χ1) is 16.4. The molecule has 1 atom stereocenters. The summed E-state index contributed by atoms with van der Waals surface area (Å²) in [6.45, 7) is 6.08. The van der Waals surface area contributed by atoms with Crippen molar-refractivity contribution >= 4 is 60.1 Å². The predicted octanol–water partition coefficient (Wildman–Crippen LogP) is 6.86. The predicted molar refractivity (Wildman–Crippen MR) is 147 cm³/mol. The van der Waals surface area contributed by atoms with E-state index in [0.717, 1.165) is 31.5 Å². The van der Waals surface area contributed by atoms with Gasteiger partial charge in [0.1, 0.15) is 5.82 Å². The van der Waals surface area contributed by atoms with Gasteiger partial charge in [0, 0.05) is 17.6 Å². The lowest BCUT2D eigenvalue weighted by Crippen LogP contribution is -2.40. The van der Waals surface area contributed by atoms with Crippen LogP contribution in [0.15, 0.2) is 68.9 Å². The Hall–Kier alpha value is -2.00. The van der Waals surface area contributed by atoms with Crippen LogP contribution >= 0.6 is 43.2 Å². The van der Waals surface area contributed by atoms with Crippen molar-refractivity contribution in [3.8, 4) is 0 Å². The largest absolute Gasteiger partial charge is 0.330 e. The number of nitrogens with two attached hydrogens (primary N) is 1. The molecule has 2 aromatic heterocycles. The monoisotopic (exact) mass is 602 g/mol. The summed E-state index contributed by atoms with van der Waals surface area (Å²) in [4.78, 5) is 21.6. The maximum Gasteiger partial charge on any atom is 0.264 e. The van der Waals surface area contributed by atoms with Gasteiger partial charge in [-0.25, -0.2) is 4.98 Å². The summed E-state index contributed by atoms with van der Waals surface area (Å²) in [6, 6.07) is 20.3. The van der Waals surface area contributed by atoms with Gasteiger partial charge in [-0.3, -0.25) is 4.79 Å². The molecule has 0 radical (unpaired) electrons. The Morgan fingerprint density at radius 2 is 1.82 bits per heavy atom. The van der Waals surface area contributed by atoms with Crippen molar-refractivity contribution in [3.05, 3.63) is 85.2 Å². The Kier molecular flexibility index (Phi) is 8.24. The van der Waals surface area contributed by atoms with Crippen molar-refractivity contribution in [2.45, 2.75) is 32.9 Å². The van der Waals surface area contributed by atoms with Gasteiger partial charge in [0.15, 0.2) is 0 Å². The zero-order chi connectivity index (χ0) is 24.2. The Bertz CT molecular complexity index is 1250. The molecule has 0 bridgehead atoms. The lowest BCUT2D eigenvalue weighted by atomic mass is 10.0. The van der Waals surface area contributed by atoms with Crippen LogP contribution < -0.4 is 5.73 Å². The third-order valence-electron chi connectivity index (χ3n) is 5.82. The molecule has 1 unspecified atom stereocenters. The van der Waals surface area contributed by atoms with E-state index in [4.69, 9.17) is 10.7 Å². The third kappa shape index (κ3) is 5.30. The molecular weight excluding hydrogens is 576 g/mol. The summed E-state index contributed by atoms with van der Waals surface area (Å²) in [6.07, 6.45) is 0.724. The van der Waals surface area contributed by atoms with Crippen molar-refractivity contribution in [3.63, 3.8) is 0 Å². The quantitative estimate of drug-likeness (QED) is 0.227. The van der Waals surface area contributed by atoms with Crippen LogP contribution in [0.25, 0.3) is 11.0 Å². The van der Waals surface area contributed by atoms with Crippen molar-refractivity contribution in [1.29, 1.82) is 0 Å². The molecule has 1 amide bonds. The molecule has 0 fully saturated rings. The van der Waals surface area contributed by atoms with Gasteiger partial charge in [-0.15, -0.1) is 11.3 Å². The molecule has 178 valence electrons. The topological polar surface area (TPSA) is 64.2 Å². The Morgan fingerprint density at radius 1 is 1.12 bits per heavy atom. The number of thiophene rings is 1. The van der Waals surface area contributed by atoms with E-state index in [1.807, 2.05) is 35.2 Å². The highest BCUT2D eigenvalue weighted by atomic mass is 79.9. The molecule has 0 saturated heterocycles. The van der Waals surface area contributed by atoms with Crippen LogP contribution in [0.4, 0.5) is 0 Å². The molecule has 0 aliphatic carbocycles. The molecule has 0 aliphatic rings. The highest BCUT2D eigenvalue weighted by molar-refractivity contribution is 9.13. The number of rotatable bonds is 9. The van der Waals surface area contributed by atoms with E-state index in [2.05, 4.69) is 80.6 Å². The second-order valence-corrected chi connectivity index (χ2v) is 11.8. The van der Waals surface area contributed by atoms with Crippen LogP contribution in [-0.4, -0.2) is 33.4 Å². The minimum atomic E-state index is -0.199. The fourth-order valence-corrected chi connectivity index (χ4v) is 6.26. The van der Waals surface area contributed by atoms with E-state index in [0.29, 0.717) is 24.5 Å². The van der Waals surface area contributed by atoms with Crippen molar-refractivity contribution < 1.29 is 4.79 Å². The zero-order valence-corrected chi connectivity index (χ0v) is 23.2. The summed E-state index contributed by atoms with van der Waals surface area (Å²) in [7, 11) is 0. The van der Waals surface area contributed by atoms with Gasteiger partial charge < -0.3 is 15.2 Å². The van der Waals surface area contributed by atoms with Crippen LogP contribution in [0, 0.1) is 5.92 Å². The van der Waals surface area contributed by atoms with E-state index in [-0.39, 0.29) is 17.9 Å². The highest BCUT2D eigenvalue weighted by Crippen LogP contribution is 2.37. The Morgan fingerprint density at radius 3 is 2.47 bits per heavy atom. The smallest absolute Gasteiger partial charge is 0.264 e. The molecule has 2 aromatic carbocycles. The first-order valence-electron chi connectivity index (χ1n) is 11.4. The van der Waals surface area contributed by atoms with Gasteiger partial charge in [-0.1, -0.05) is 56.3 Å². The zero-order valence-electron chi connectivity index (χ0n) is 19.2. The van der Waals surface area contributed by atoms with Crippen LogP contribution in [0.2, 0.25) is 0 Å². The second kappa shape index (κ2) is 11.2. The minimum Gasteiger partial charge on any atom is -0.330 e. The van der Waals surface area contributed by atoms with Crippen molar-refractivity contribution in [1.82, 2.24) is 14.5 Å². The molecule has 2 heterocycles. The standard InChI is InChI=1S/C26H28Br2N4OS/c1-17(2)23(31(14-8-13-29)26(33)22-15-19(27)24(28)34-22)25-30-20-11-6-7-12-21(20)32(25)16-18-9-4-3-5-10-18/h3-7,9-12,15,17,23H,8,13-14,16,29H2,1-2H3. The van der Waals surface area contributed by atoms with Crippen LogP contribution in [-0.2, 0) is 6.54 Å². The molecule has 5 nitrogen and oxygen atoms in total. The van der Waals surface area contributed by atoms with E-state index >= 15 is 0 Å². The number of carbonyl (C=O) groups excluding carboxylic acids is 1. The van der Waals surface area contributed by atoms with Crippen molar-refractivity contribution in [2.24, 2.45) is 11.7 Å². The number of para-hydroxylation sites is 2. The number of amides is 1. The average molecular weight is 604 g/mol. The molecule has 0 aliphatic heterocycles. The van der Waals surface area contributed by atoms with Gasteiger partial charge in [0.25, 0.3) is 5.91 Å². The van der Waals surface area contributed by atoms with E-state index in [1.54, 1.807) is 0 Å². The lowest BCUT2D eigenvalue weighted by molar-refractivity contribution is 0.0610. The molecule has 0 spiro atoms. The number of hydrogen-bond acceptors (Lipinski definition) is 4. The summed E-state index contributed by atoms with van der Waals surface area (Å²) in [5.74, 6) is 1.06. The number of carbonyl (C=O) groups is 1. The number of nitrogens with zero attached hydrogens (tertiary/aromatic N) is 3. The molecule has 0 saturated carbocycles. The lowest BCUT2D eigenvalue weighted by Gasteiger charge is -2.34. The molecule has 4 rings (SSSR count). The average Bonchev–Trinajstić information content (AvgIpc) is 3.36. The summed E-state index contributed by atoms with van der Waals surface area (Å²) in [5, 5.41) is 0. The highest BCUT2D eigenvalue weighted by Gasteiger charge is 2.33. The molecule has 34 heavy (non-hydrogen) atoms. The number of benzene rings is 2. The van der Waals surface area contributed by atoms with Gasteiger partial charge in [-0.2, -0.15) is 0 Å². The first-order valence-corrected chi connectivity index (χ1v) is 13.8. The Labute approximate surface area is 221 Å². The van der Waals surface area contributed by atoms with E-state index < -0.39 is 0 Å². The number of halogens is 2. The summed E-state index contributed by atoms with van der Waals surface area (Å²) < 4.78 is 4.06. The maximum absolute atomic E-state index is 13.8. The van der Waals surface area contributed by atoms with Crippen molar-refractivity contribution in [2.75, 3.05) is 13.1 Å². The van der Waals surface area contributed by atoms with Gasteiger partial charge >= 0.3 is 0 Å². The van der Waals surface area contributed by atoms with E-state index in [1.165, 1.54) is 16.9 Å². The second-order valence-electron chi connectivity index (χ2n) is 8.59.